The summed E-state index contributed by atoms with van der Waals surface area (Å²) in [5.74, 6) is -1.05. The number of pyridine rings is 1. The van der Waals surface area contributed by atoms with Crippen LogP contribution in [0.4, 0.5) is 4.79 Å². The Morgan fingerprint density at radius 2 is 2.26 bits per heavy atom. The van der Waals surface area contributed by atoms with Gasteiger partial charge < -0.3 is 15.3 Å². The van der Waals surface area contributed by atoms with E-state index in [4.69, 9.17) is 5.11 Å². The Hall–Kier alpha value is -2.37. The quantitative estimate of drug-likeness (QED) is 0.716. The molecule has 0 aromatic carbocycles. The first-order valence-electron chi connectivity index (χ1n) is 5.89. The molecule has 0 fully saturated rings. The Bertz CT molecular complexity index is 434. The van der Waals surface area contributed by atoms with Gasteiger partial charge in [0.05, 0.1) is 0 Å². The van der Waals surface area contributed by atoms with Crippen LogP contribution < -0.4 is 5.32 Å². The molecule has 0 aliphatic carbocycles. The van der Waals surface area contributed by atoms with Crippen molar-refractivity contribution in [3.05, 3.63) is 42.7 Å². The van der Waals surface area contributed by atoms with Gasteiger partial charge in [0, 0.05) is 31.4 Å². The summed E-state index contributed by atoms with van der Waals surface area (Å²) in [4.78, 5) is 27.7. The highest BCUT2D eigenvalue weighted by Gasteiger charge is 2.14. The van der Waals surface area contributed by atoms with Crippen LogP contribution in [0.1, 0.15) is 5.69 Å². The van der Waals surface area contributed by atoms with Crippen molar-refractivity contribution < 1.29 is 14.7 Å². The van der Waals surface area contributed by atoms with Crippen LogP contribution in [0.5, 0.6) is 0 Å². The summed E-state index contributed by atoms with van der Waals surface area (Å²) in [6.45, 7) is 3.75. The number of rotatable bonds is 7. The van der Waals surface area contributed by atoms with Crippen molar-refractivity contribution >= 4 is 12.0 Å². The monoisotopic (exact) mass is 263 g/mol. The molecular weight excluding hydrogens is 246 g/mol. The number of nitrogens with zero attached hydrogens (tertiary/aromatic N) is 2. The van der Waals surface area contributed by atoms with E-state index in [2.05, 4.69) is 16.9 Å². The molecule has 1 aromatic rings. The van der Waals surface area contributed by atoms with Gasteiger partial charge in [-0.1, -0.05) is 12.1 Å². The summed E-state index contributed by atoms with van der Waals surface area (Å²) in [6.07, 6.45) is 3.77. The SMILES string of the molecule is C=CCN(CC(=O)O)C(=O)NCCc1ccccn1. The summed E-state index contributed by atoms with van der Waals surface area (Å²) in [5, 5.41) is 11.4. The molecule has 102 valence electrons. The molecule has 0 unspecified atom stereocenters. The average molecular weight is 263 g/mol. The maximum atomic E-state index is 11.7. The summed E-state index contributed by atoms with van der Waals surface area (Å²) >= 11 is 0. The fourth-order valence-electron chi connectivity index (χ4n) is 1.49. The standard InChI is InChI=1S/C13H17N3O3/c1-2-9-16(10-12(17)18)13(19)15-8-6-11-5-3-4-7-14-11/h2-5,7H,1,6,8-10H2,(H,15,19)(H,17,18). The van der Waals surface area contributed by atoms with Crippen LogP contribution in [0.3, 0.4) is 0 Å². The minimum absolute atomic E-state index is 0.196. The third-order valence-electron chi connectivity index (χ3n) is 2.35. The highest BCUT2D eigenvalue weighted by molar-refractivity contribution is 5.80. The molecule has 1 heterocycles. The lowest BCUT2D eigenvalue weighted by Gasteiger charge is -2.19. The minimum atomic E-state index is -1.05. The number of hydrogen-bond acceptors (Lipinski definition) is 3. The molecule has 19 heavy (non-hydrogen) atoms. The smallest absolute Gasteiger partial charge is 0.323 e. The molecule has 6 heteroatoms. The summed E-state index contributed by atoms with van der Waals surface area (Å²) < 4.78 is 0. The molecule has 6 nitrogen and oxygen atoms in total. The van der Waals surface area contributed by atoms with Crippen LogP contribution in [0, 0.1) is 0 Å². The fraction of sp³-hybridized carbons (Fsp3) is 0.308. The van der Waals surface area contributed by atoms with Gasteiger partial charge in [-0.25, -0.2) is 4.79 Å². The maximum absolute atomic E-state index is 11.7. The topological polar surface area (TPSA) is 82.5 Å². The molecule has 1 aromatic heterocycles. The number of carboxylic acids is 1. The summed E-state index contributed by atoms with van der Waals surface area (Å²) in [7, 11) is 0. The van der Waals surface area contributed by atoms with Crippen molar-refractivity contribution in [2.24, 2.45) is 0 Å². The van der Waals surface area contributed by atoms with E-state index < -0.39 is 12.0 Å². The van der Waals surface area contributed by atoms with Crippen molar-refractivity contribution in [3.8, 4) is 0 Å². The van der Waals surface area contributed by atoms with Crippen LogP contribution >= 0.6 is 0 Å². The molecule has 0 aliphatic rings. The third kappa shape index (κ3) is 5.67. The van der Waals surface area contributed by atoms with Crippen LogP contribution in [0.15, 0.2) is 37.1 Å². The first-order chi connectivity index (χ1) is 9.13. The van der Waals surface area contributed by atoms with Crippen molar-refractivity contribution in [1.82, 2.24) is 15.2 Å². The first-order valence-corrected chi connectivity index (χ1v) is 5.89. The maximum Gasteiger partial charge on any atom is 0.323 e. The Kier molecular flexibility index (Phi) is 6.08. The van der Waals surface area contributed by atoms with Crippen molar-refractivity contribution in [2.75, 3.05) is 19.6 Å². The van der Waals surface area contributed by atoms with Gasteiger partial charge in [0.15, 0.2) is 0 Å². The molecule has 0 atom stereocenters. The van der Waals surface area contributed by atoms with Gasteiger partial charge in [-0.05, 0) is 12.1 Å². The number of aromatic nitrogens is 1. The van der Waals surface area contributed by atoms with E-state index in [1.165, 1.54) is 11.0 Å². The number of amides is 2. The molecule has 0 saturated heterocycles. The second-order valence-electron chi connectivity index (χ2n) is 3.87. The Morgan fingerprint density at radius 3 is 2.84 bits per heavy atom. The lowest BCUT2D eigenvalue weighted by atomic mass is 10.3. The molecular formula is C13H17N3O3. The zero-order valence-electron chi connectivity index (χ0n) is 10.6. The third-order valence-corrected chi connectivity index (χ3v) is 2.35. The van der Waals surface area contributed by atoms with E-state index >= 15 is 0 Å². The van der Waals surface area contributed by atoms with Gasteiger partial charge in [0.25, 0.3) is 0 Å². The van der Waals surface area contributed by atoms with E-state index in [1.54, 1.807) is 6.20 Å². The lowest BCUT2D eigenvalue weighted by molar-refractivity contribution is -0.137. The molecule has 0 aliphatic heterocycles. The summed E-state index contributed by atoms with van der Waals surface area (Å²) in [6, 6.07) is 5.14. The number of hydrogen-bond donors (Lipinski definition) is 2. The zero-order valence-corrected chi connectivity index (χ0v) is 10.6. The van der Waals surface area contributed by atoms with Crippen LogP contribution in [-0.2, 0) is 11.2 Å². The van der Waals surface area contributed by atoms with E-state index in [0.717, 1.165) is 5.69 Å². The Morgan fingerprint density at radius 1 is 1.47 bits per heavy atom. The van der Waals surface area contributed by atoms with E-state index in [0.29, 0.717) is 13.0 Å². The molecule has 0 saturated carbocycles. The molecule has 2 amide bonds. The normalized spacial score (nSPS) is 9.68. The average Bonchev–Trinajstić information content (AvgIpc) is 2.39. The van der Waals surface area contributed by atoms with E-state index in [1.807, 2.05) is 18.2 Å². The number of nitrogens with one attached hydrogen (secondary N) is 1. The highest BCUT2D eigenvalue weighted by Crippen LogP contribution is 1.95. The largest absolute Gasteiger partial charge is 0.480 e. The van der Waals surface area contributed by atoms with Crippen molar-refractivity contribution in [3.63, 3.8) is 0 Å². The van der Waals surface area contributed by atoms with Crippen molar-refractivity contribution in [1.29, 1.82) is 0 Å². The second-order valence-corrected chi connectivity index (χ2v) is 3.87. The minimum Gasteiger partial charge on any atom is -0.480 e. The van der Waals surface area contributed by atoms with Crippen LogP contribution in [0.2, 0.25) is 0 Å². The van der Waals surface area contributed by atoms with Gasteiger partial charge in [0.2, 0.25) is 0 Å². The fourth-order valence-corrected chi connectivity index (χ4v) is 1.49. The predicted octanol–water partition coefficient (Wildman–Crippen LogP) is 0.906. The molecule has 0 bridgehead atoms. The molecule has 1 rings (SSSR count). The zero-order chi connectivity index (χ0) is 14.1. The van der Waals surface area contributed by atoms with E-state index in [9.17, 15) is 9.59 Å². The second kappa shape index (κ2) is 7.86. The van der Waals surface area contributed by atoms with E-state index in [-0.39, 0.29) is 13.1 Å². The predicted molar refractivity (Wildman–Crippen MR) is 70.7 cm³/mol. The number of aliphatic carboxylic acids is 1. The van der Waals surface area contributed by atoms with Gasteiger partial charge >= 0.3 is 12.0 Å². The van der Waals surface area contributed by atoms with Gasteiger partial charge in [0.1, 0.15) is 6.54 Å². The number of carbonyl (C=O) groups excluding carboxylic acids is 1. The van der Waals surface area contributed by atoms with Gasteiger partial charge in [-0.3, -0.25) is 9.78 Å². The van der Waals surface area contributed by atoms with Crippen LogP contribution in [0.25, 0.3) is 0 Å². The Balaban J connectivity index is 2.39. The number of carboxylic acid groups (broad SMARTS) is 1. The lowest BCUT2D eigenvalue weighted by Crippen LogP contribution is -2.43. The number of carbonyl (C=O) groups is 2. The van der Waals surface area contributed by atoms with Gasteiger partial charge in [-0.2, -0.15) is 0 Å². The Labute approximate surface area is 111 Å². The van der Waals surface area contributed by atoms with Gasteiger partial charge in [-0.15, -0.1) is 6.58 Å². The molecule has 0 spiro atoms. The van der Waals surface area contributed by atoms with Crippen LogP contribution in [-0.4, -0.2) is 46.6 Å². The van der Waals surface area contributed by atoms with Crippen molar-refractivity contribution in [2.45, 2.75) is 6.42 Å². The molecule has 0 radical (unpaired) electrons. The summed E-state index contributed by atoms with van der Waals surface area (Å²) in [5.41, 5.74) is 0.872. The number of urea groups is 1. The highest BCUT2D eigenvalue weighted by atomic mass is 16.4. The first kappa shape index (κ1) is 14.7. The molecule has 2 N–H and O–H groups in total.